The van der Waals surface area contributed by atoms with Gasteiger partial charge in [-0.2, -0.15) is 0 Å². The van der Waals surface area contributed by atoms with Crippen molar-refractivity contribution in [1.29, 1.82) is 0 Å². The molecule has 4 rings (SSSR count). The maximum Gasteiger partial charge on any atom is 0.296 e. The van der Waals surface area contributed by atoms with Gasteiger partial charge in [-0.3, -0.25) is 15.1 Å². The zero-order chi connectivity index (χ0) is 21.3. The minimum atomic E-state index is -0.411. The first-order chi connectivity index (χ1) is 14.4. The summed E-state index contributed by atoms with van der Waals surface area (Å²) in [5.41, 5.74) is 1.90. The average Bonchev–Trinajstić information content (AvgIpc) is 3.13. The van der Waals surface area contributed by atoms with E-state index in [-0.39, 0.29) is 5.15 Å². The molecule has 1 fully saturated rings. The van der Waals surface area contributed by atoms with E-state index in [0.29, 0.717) is 46.0 Å². The van der Waals surface area contributed by atoms with Crippen molar-refractivity contribution in [3.8, 4) is 22.1 Å². The second kappa shape index (κ2) is 8.13. The Morgan fingerprint density at radius 2 is 2.03 bits per heavy atom. The molecule has 1 aliphatic heterocycles. The molecule has 0 aliphatic carbocycles. The molecule has 1 aliphatic rings. The third kappa shape index (κ3) is 4.20. The standard InChI is InChI=1S/C19H18ClN5O4S/c1-10-4-11(12-5-15(20)22-7-14(12)27-3)13(6-21-10)16(26)23-17-24-25-18(30-17)29-19(2)8-28-9-19/h4-7H,8-9H2,1-3H3,(H,23,24,26). The number of nitrogens with zero attached hydrogens (tertiary/aromatic N) is 4. The number of anilines is 1. The molecule has 0 atom stereocenters. The molecule has 0 radical (unpaired) electrons. The highest BCUT2D eigenvalue weighted by molar-refractivity contribution is 7.17. The summed E-state index contributed by atoms with van der Waals surface area (Å²) in [6.45, 7) is 4.74. The highest BCUT2D eigenvalue weighted by Gasteiger charge is 2.37. The quantitative estimate of drug-likeness (QED) is 0.573. The van der Waals surface area contributed by atoms with Crippen molar-refractivity contribution in [2.24, 2.45) is 0 Å². The predicted octanol–water partition coefficient (Wildman–Crippen LogP) is 3.39. The Bertz CT molecular complexity index is 1100. The van der Waals surface area contributed by atoms with Gasteiger partial charge >= 0.3 is 0 Å². The van der Waals surface area contributed by atoms with Crippen molar-refractivity contribution in [3.05, 3.63) is 40.9 Å². The van der Waals surface area contributed by atoms with Gasteiger partial charge in [0.1, 0.15) is 10.9 Å². The summed E-state index contributed by atoms with van der Waals surface area (Å²) in [6.07, 6.45) is 3.01. The van der Waals surface area contributed by atoms with Crippen molar-refractivity contribution in [3.63, 3.8) is 0 Å². The van der Waals surface area contributed by atoms with Gasteiger partial charge in [0.25, 0.3) is 11.1 Å². The summed E-state index contributed by atoms with van der Waals surface area (Å²) in [4.78, 5) is 21.3. The number of aryl methyl sites for hydroxylation is 1. The summed E-state index contributed by atoms with van der Waals surface area (Å²) in [5, 5.41) is 11.7. The number of nitrogens with one attached hydrogen (secondary N) is 1. The van der Waals surface area contributed by atoms with E-state index in [2.05, 4.69) is 25.5 Å². The van der Waals surface area contributed by atoms with Crippen LogP contribution >= 0.6 is 22.9 Å². The molecule has 0 spiro atoms. The number of hydrogen-bond acceptors (Lipinski definition) is 9. The number of carbonyl (C=O) groups excluding carboxylic acids is 1. The topological polar surface area (TPSA) is 108 Å². The van der Waals surface area contributed by atoms with Crippen molar-refractivity contribution in [2.75, 3.05) is 25.6 Å². The monoisotopic (exact) mass is 447 g/mol. The van der Waals surface area contributed by atoms with Crippen LogP contribution in [-0.4, -0.2) is 52.0 Å². The molecular formula is C19H18ClN5O4S. The Labute approximate surface area is 181 Å². The molecule has 11 heteroatoms. The predicted molar refractivity (Wildman–Crippen MR) is 111 cm³/mol. The van der Waals surface area contributed by atoms with Crippen molar-refractivity contribution >= 4 is 34.0 Å². The minimum Gasteiger partial charge on any atom is -0.494 e. The number of amides is 1. The van der Waals surface area contributed by atoms with Crippen molar-refractivity contribution in [1.82, 2.24) is 20.2 Å². The van der Waals surface area contributed by atoms with E-state index < -0.39 is 11.5 Å². The summed E-state index contributed by atoms with van der Waals surface area (Å²) < 4.78 is 16.3. The molecule has 0 bridgehead atoms. The Hall–Kier alpha value is -2.82. The molecular weight excluding hydrogens is 430 g/mol. The number of hydrogen-bond donors (Lipinski definition) is 1. The zero-order valence-electron chi connectivity index (χ0n) is 16.4. The van der Waals surface area contributed by atoms with Gasteiger partial charge in [-0.1, -0.05) is 16.7 Å². The number of aromatic nitrogens is 4. The molecule has 3 aromatic rings. The lowest BCUT2D eigenvalue weighted by Gasteiger charge is -2.36. The van der Waals surface area contributed by atoms with E-state index in [1.54, 1.807) is 12.1 Å². The van der Waals surface area contributed by atoms with Gasteiger partial charge in [-0.05, 0) is 37.3 Å². The highest BCUT2D eigenvalue weighted by Crippen LogP contribution is 2.35. The van der Waals surface area contributed by atoms with Crippen LogP contribution in [0.4, 0.5) is 5.13 Å². The number of pyridine rings is 2. The number of ether oxygens (including phenoxy) is 3. The van der Waals surface area contributed by atoms with Crippen LogP contribution in [0.1, 0.15) is 23.0 Å². The van der Waals surface area contributed by atoms with Gasteiger partial charge in [0.05, 0.1) is 32.1 Å². The number of halogens is 1. The lowest BCUT2D eigenvalue weighted by Crippen LogP contribution is -2.51. The van der Waals surface area contributed by atoms with E-state index in [9.17, 15) is 4.79 Å². The first-order valence-electron chi connectivity index (χ1n) is 8.95. The van der Waals surface area contributed by atoms with Crippen LogP contribution < -0.4 is 14.8 Å². The Morgan fingerprint density at radius 1 is 1.23 bits per heavy atom. The minimum absolute atomic E-state index is 0.283. The first-order valence-corrected chi connectivity index (χ1v) is 10.1. The van der Waals surface area contributed by atoms with E-state index in [1.807, 2.05) is 13.8 Å². The van der Waals surface area contributed by atoms with E-state index in [1.165, 1.54) is 19.5 Å². The third-order valence-corrected chi connectivity index (χ3v) is 5.33. The maximum absolute atomic E-state index is 13.0. The van der Waals surface area contributed by atoms with E-state index in [4.69, 9.17) is 25.8 Å². The number of carbonyl (C=O) groups is 1. The van der Waals surface area contributed by atoms with E-state index >= 15 is 0 Å². The molecule has 0 unspecified atom stereocenters. The first kappa shape index (κ1) is 20.5. The van der Waals surface area contributed by atoms with Crippen LogP contribution in [0, 0.1) is 6.92 Å². The molecule has 0 saturated carbocycles. The summed E-state index contributed by atoms with van der Waals surface area (Å²) in [5.74, 6) is 0.0926. The van der Waals surface area contributed by atoms with Crippen LogP contribution in [0.5, 0.6) is 10.9 Å². The normalized spacial score (nSPS) is 14.7. The molecule has 0 aromatic carbocycles. The Morgan fingerprint density at radius 3 is 2.73 bits per heavy atom. The molecule has 1 N–H and O–H groups in total. The van der Waals surface area contributed by atoms with E-state index in [0.717, 1.165) is 17.0 Å². The van der Waals surface area contributed by atoms with Gasteiger partial charge in [-0.25, -0.2) is 4.98 Å². The Balaban J connectivity index is 1.61. The second-order valence-corrected chi connectivity index (χ2v) is 8.28. The van der Waals surface area contributed by atoms with Gasteiger partial charge in [0, 0.05) is 23.0 Å². The molecule has 9 nitrogen and oxygen atoms in total. The second-order valence-electron chi connectivity index (χ2n) is 6.95. The average molecular weight is 448 g/mol. The fourth-order valence-corrected chi connectivity index (χ4v) is 3.75. The van der Waals surface area contributed by atoms with Crippen LogP contribution in [0.15, 0.2) is 24.5 Å². The van der Waals surface area contributed by atoms with Crippen molar-refractivity contribution < 1.29 is 19.0 Å². The lowest BCUT2D eigenvalue weighted by atomic mass is 10.0. The SMILES string of the molecule is COc1cnc(Cl)cc1-c1cc(C)ncc1C(=O)Nc1nnc(OC2(C)COC2)s1. The summed E-state index contributed by atoms with van der Waals surface area (Å²) in [6, 6.07) is 3.43. The zero-order valence-corrected chi connectivity index (χ0v) is 18.0. The molecule has 1 saturated heterocycles. The van der Waals surface area contributed by atoms with Crippen LogP contribution in [0.25, 0.3) is 11.1 Å². The summed E-state index contributed by atoms with van der Waals surface area (Å²) in [7, 11) is 1.53. The molecule has 3 aromatic heterocycles. The highest BCUT2D eigenvalue weighted by atomic mass is 35.5. The number of methoxy groups -OCH3 is 1. The van der Waals surface area contributed by atoms with Gasteiger partial charge < -0.3 is 14.2 Å². The molecule has 30 heavy (non-hydrogen) atoms. The number of rotatable bonds is 6. The van der Waals surface area contributed by atoms with Crippen molar-refractivity contribution in [2.45, 2.75) is 19.4 Å². The van der Waals surface area contributed by atoms with Gasteiger partial charge in [-0.15, -0.1) is 5.10 Å². The van der Waals surface area contributed by atoms with Gasteiger partial charge in [0.2, 0.25) is 5.13 Å². The summed E-state index contributed by atoms with van der Waals surface area (Å²) >= 11 is 7.21. The largest absolute Gasteiger partial charge is 0.494 e. The lowest BCUT2D eigenvalue weighted by molar-refractivity contribution is -0.150. The molecule has 156 valence electrons. The van der Waals surface area contributed by atoms with Crippen LogP contribution in [-0.2, 0) is 4.74 Å². The fourth-order valence-electron chi connectivity index (χ4n) is 2.88. The van der Waals surface area contributed by atoms with Crippen LogP contribution in [0.2, 0.25) is 5.15 Å². The smallest absolute Gasteiger partial charge is 0.296 e. The molecule has 4 heterocycles. The Kier molecular flexibility index (Phi) is 5.54. The van der Waals surface area contributed by atoms with Gasteiger partial charge in [0.15, 0.2) is 5.60 Å². The fraction of sp³-hybridized carbons (Fsp3) is 0.316. The van der Waals surface area contributed by atoms with Crippen LogP contribution in [0.3, 0.4) is 0 Å². The third-order valence-electron chi connectivity index (χ3n) is 4.40. The molecule has 1 amide bonds. The maximum atomic E-state index is 13.0.